The molecule has 0 spiro atoms. The molecule has 1 N–H and O–H groups in total. The molecule has 0 radical (unpaired) electrons. The fraction of sp³-hybridized carbons (Fsp3) is 0.0526. The van der Waals surface area contributed by atoms with E-state index in [9.17, 15) is 4.79 Å². The molecule has 132 valence electrons. The van der Waals surface area contributed by atoms with E-state index in [2.05, 4.69) is 10.5 Å². The number of carbonyl (C=O) groups excluding carboxylic acids is 1. The van der Waals surface area contributed by atoms with Crippen molar-refractivity contribution in [3.63, 3.8) is 0 Å². The second kappa shape index (κ2) is 8.56. The van der Waals surface area contributed by atoms with Crippen molar-refractivity contribution in [2.45, 2.75) is 0 Å². The number of furan rings is 1. The second-order valence-corrected chi connectivity index (χ2v) is 6.12. The third kappa shape index (κ3) is 5.12. The molecule has 1 aromatic heterocycles. The monoisotopic (exact) mass is 388 g/mol. The summed E-state index contributed by atoms with van der Waals surface area (Å²) in [6.45, 7) is -0.177. The molecule has 1 amide bonds. The van der Waals surface area contributed by atoms with Gasteiger partial charge in [-0.25, -0.2) is 5.43 Å². The summed E-state index contributed by atoms with van der Waals surface area (Å²) in [6.07, 6.45) is 1.41. The van der Waals surface area contributed by atoms with E-state index < -0.39 is 5.91 Å². The molecule has 7 heteroatoms. The highest BCUT2D eigenvalue weighted by Crippen LogP contribution is 2.24. The van der Waals surface area contributed by atoms with Crippen molar-refractivity contribution >= 4 is 35.3 Å². The highest BCUT2D eigenvalue weighted by molar-refractivity contribution is 6.31. The number of hydrazone groups is 1. The zero-order chi connectivity index (χ0) is 18.4. The van der Waals surface area contributed by atoms with Crippen molar-refractivity contribution in [1.29, 1.82) is 0 Å². The fourth-order valence-corrected chi connectivity index (χ4v) is 2.50. The molecule has 1 heterocycles. The summed E-state index contributed by atoms with van der Waals surface area (Å²) in [5.41, 5.74) is 3.22. The molecule has 3 rings (SSSR count). The average molecular weight is 389 g/mol. The smallest absolute Gasteiger partial charge is 0.277 e. The lowest BCUT2D eigenvalue weighted by Crippen LogP contribution is -2.24. The van der Waals surface area contributed by atoms with Crippen LogP contribution in [0.25, 0.3) is 11.3 Å². The predicted molar refractivity (Wildman–Crippen MR) is 102 cm³/mol. The largest absolute Gasteiger partial charge is 0.484 e. The van der Waals surface area contributed by atoms with Crippen LogP contribution in [0, 0.1) is 0 Å². The maximum Gasteiger partial charge on any atom is 0.277 e. The molecule has 5 nitrogen and oxygen atoms in total. The van der Waals surface area contributed by atoms with Gasteiger partial charge in [0.1, 0.15) is 17.3 Å². The number of hydrogen-bond acceptors (Lipinski definition) is 4. The van der Waals surface area contributed by atoms with Crippen LogP contribution in [0.1, 0.15) is 5.76 Å². The normalized spacial score (nSPS) is 10.8. The van der Waals surface area contributed by atoms with Gasteiger partial charge in [0.25, 0.3) is 5.91 Å². The third-order valence-electron chi connectivity index (χ3n) is 3.28. The van der Waals surface area contributed by atoms with Crippen LogP contribution >= 0.6 is 23.2 Å². The van der Waals surface area contributed by atoms with Gasteiger partial charge in [-0.05, 0) is 42.5 Å². The van der Waals surface area contributed by atoms with E-state index in [0.29, 0.717) is 27.3 Å². The minimum atomic E-state index is -0.400. The molecule has 2 aromatic carbocycles. The molecular formula is C19H14Cl2N2O3. The van der Waals surface area contributed by atoms with Crippen molar-refractivity contribution in [1.82, 2.24) is 5.43 Å². The minimum absolute atomic E-state index is 0.177. The average Bonchev–Trinajstić information content (AvgIpc) is 3.09. The lowest BCUT2D eigenvalue weighted by atomic mass is 10.2. The van der Waals surface area contributed by atoms with Crippen LogP contribution in [0.4, 0.5) is 0 Å². The number of ether oxygens (including phenoxy) is 1. The van der Waals surface area contributed by atoms with Gasteiger partial charge in [-0.1, -0.05) is 41.4 Å². The van der Waals surface area contributed by atoms with E-state index in [0.717, 1.165) is 5.56 Å². The zero-order valence-electron chi connectivity index (χ0n) is 13.5. The van der Waals surface area contributed by atoms with Gasteiger partial charge >= 0.3 is 0 Å². The molecule has 0 fully saturated rings. The van der Waals surface area contributed by atoms with Crippen LogP contribution in [-0.4, -0.2) is 18.7 Å². The maximum absolute atomic E-state index is 11.7. The molecular weight excluding hydrogens is 375 g/mol. The van der Waals surface area contributed by atoms with Gasteiger partial charge in [-0.2, -0.15) is 5.10 Å². The number of nitrogens with one attached hydrogen (secondary N) is 1. The standard InChI is InChI=1S/C19H14Cl2N2O3/c20-14-4-1-3-13(9-14)18-8-7-17(26-18)11-22-23-19(24)12-25-16-6-2-5-15(21)10-16/h1-11H,12H2,(H,23,24)/b22-11+. The highest BCUT2D eigenvalue weighted by atomic mass is 35.5. The van der Waals surface area contributed by atoms with Crippen LogP contribution in [-0.2, 0) is 4.79 Å². The molecule has 0 aliphatic rings. The summed E-state index contributed by atoms with van der Waals surface area (Å²) in [6, 6.07) is 17.7. The third-order valence-corrected chi connectivity index (χ3v) is 3.75. The van der Waals surface area contributed by atoms with E-state index >= 15 is 0 Å². The first-order chi connectivity index (χ1) is 12.6. The summed E-state index contributed by atoms with van der Waals surface area (Å²) in [5.74, 6) is 1.26. The summed E-state index contributed by atoms with van der Waals surface area (Å²) in [5, 5.41) is 5.01. The topological polar surface area (TPSA) is 63.8 Å². The molecule has 3 aromatic rings. The predicted octanol–water partition coefficient (Wildman–Crippen LogP) is 4.78. The molecule has 0 aliphatic heterocycles. The fourth-order valence-electron chi connectivity index (χ4n) is 2.12. The maximum atomic E-state index is 11.7. The van der Waals surface area contributed by atoms with E-state index in [1.807, 2.05) is 12.1 Å². The first-order valence-electron chi connectivity index (χ1n) is 7.66. The van der Waals surface area contributed by atoms with Crippen molar-refractivity contribution in [3.05, 3.63) is 76.5 Å². The lowest BCUT2D eigenvalue weighted by molar-refractivity contribution is -0.123. The number of amides is 1. The summed E-state index contributed by atoms with van der Waals surface area (Å²) < 4.78 is 11.0. The van der Waals surface area contributed by atoms with Crippen LogP contribution in [0.5, 0.6) is 5.75 Å². The SMILES string of the molecule is O=C(COc1cccc(Cl)c1)N/N=C/c1ccc(-c2cccc(Cl)c2)o1. The first kappa shape index (κ1) is 18.0. The van der Waals surface area contributed by atoms with Crippen molar-refractivity contribution < 1.29 is 13.9 Å². The van der Waals surface area contributed by atoms with Gasteiger partial charge in [0.05, 0.1) is 6.21 Å². The Labute approximate surface area is 160 Å². The Hall–Kier alpha value is -2.76. The minimum Gasteiger partial charge on any atom is -0.484 e. The number of hydrogen-bond donors (Lipinski definition) is 1. The Kier molecular flexibility index (Phi) is 5.94. The Bertz CT molecular complexity index is 938. The molecule has 26 heavy (non-hydrogen) atoms. The Morgan fingerprint density at radius 1 is 1.08 bits per heavy atom. The lowest BCUT2D eigenvalue weighted by Gasteiger charge is -2.04. The van der Waals surface area contributed by atoms with Gasteiger partial charge in [-0.15, -0.1) is 0 Å². The summed E-state index contributed by atoms with van der Waals surface area (Å²) in [7, 11) is 0. The number of carbonyl (C=O) groups is 1. The number of benzene rings is 2. The Balaban J connectivity index is 1.51. The summed E-state index contributed by atoms with van der Waals surface area (Å²) in [4.78, 5) is 11.7. The number of rotatable bonds is 6. The van der Waals surface area contributed by atoms with Crippen LogP contribution in [0.3, 0.4) is 0 Å². The molecule has 0 unspecified atom stereocenters. The van der Waals surface area contributed by atoms with Crippen LogP contribution in [0.15, 0.2) is 70.2 Å². The van der Waals surface area contributed by atoms with Gasteiger partial charge in [0.15, 0.2) is 6.61 Å². The summed E-state index contributed by atoms with van der Waals surface area (Å²) >= 11 is 11.8. The Morgan fingerprint density at radius 3 is 2.62 bits per heavy atom. The van der Waals surface area contributed by atoms with Crippen LogP contribution in [0.2, 0.25) is 10.0 Å². The Morgan fingerprint density at radius 2 is 1.85 bits per heavy atom. The number of nitrogens with zero attached hydrogens (tertiary/aromatic N) is 1. The molecule has 0 bridgehead atoms. The molecule has 0 atom stereocenters. The highest BCUT2D eigenvalue weighted by Gasteiger charge is 2.05. The number of halogens is 2. The van der Waals surface area contributed by atoms with Crippen molar-refractivity contribution in [3.8, 4) is 17.1 Å². The van der Waals surface area contributed by atoms with Crippen LogP contribution < -0.4 is 10.2 Å². The van der Waals surface area contributed by atoms with Gasteiger partial charge < -0.3 is 9.15 Å². The second-order valence-electron chi connectivity index (χ2n) is 5.25. The van der Waals surface area contributed by atoms with E-state index in [1.165, 1.54) is 6.21 Å². The molecule has 0 saturated heterocycles. The van der Waals surface area contributed by atoms with Gasteiger partial charge in [-0.3, -0.25) is 4.79 Å². The van der Waals surface area contributed by atoms with E-state index in [1.54, 1.807) is 48.5 Å². The molecule has 0 aliphatic carbocycles. The van der Waals surface area contributed by atoms with E-state index in [-0.39, 0.29) is 6.61 Å². The van der Waals surface area contributed by atoms with Crippen molar-refractivity contribution in [2.75, 3.05) is 6.61 Å². The quantitative estimate of drug-likeness (QED) is 0.487. The molecule has 0 saturated carbocycles. The first-order valence-corrected chi connectivity index (χ1v) is 8.42. The van der Waals surface area contributed by atoms with Gasteiger partial charge in [0, 0.05) is 15.6 Å². The zero-order valence-corrected chi connectivity index (χ0v) is 15.0. The van der Waals surface area contributed by atoms with Crippen molar-refractivity contribution in [2.24, 2.45) is 5.10 Å². The van der Waals surface area contributed by atoms with E-state index in [4.69, 9.17) is 32.4 Å². The van der Waals surface area contributed by atoms with Gasteiger partial charge in [0.2, 0.25) is 0 Å².